The van der Waals surface area contributed by atoms with Crippen LogP contribution in [-0.2, 0) is 4.79 Å². The van der Waals surface area contributed by atoms with E-state index in [0.29, 0.717) is 30.4 Å². The van der Waals surface area contributed by atoms with Gasteiger partial charge >= 0.3 is 0 Å². The lowest BCUT2D eigenvalue weighted by Gasteiger charge is -2.31. The molecule has 1 aliphatic heterocycles. The van der Waals surface area contributed by atoms with Crippen LogP contribution in [0.2, 0.25) is 0 Å². The number of hydrogen-bond donors (Lipinski definition) is 0. The van der Waals surface area contributed by atoms with Gasteiger partial charge in [0.1, 0.15) is 23.8 Å². The number of azo groups is 1. The number of fused-ring (bicyclic) bond motifs is 1. The first kappa shape index (κ1) is 26.8. The molecule has 0 radical (unpaired) electrons. The number of thiophene rings is 1. The number of Topliss-reactive ketones (excluding diaryl/α,β-unsaturated/α-hetero) is 1. The molecule has 0 unspecified atom stereocenters. The summed E-state index contributed by atoms with van der Waals surface area (Å²) in [5.41, 5.74) is 5.35. The zero-order valence-corrected chi connectivity index (χ0v) is 24.2. The van der Waals surface area contributed by atoms with Gasteiger partial charge in [-0.3, -0.25) is 4.79 Å². The van der Waals surface area contributed by atoms with E-state index in [1.54, 1.807) is 0 Å². The van der Waals surface area contributed by atoms with Gasteiger partial charge in [-0.1, -0.05) is 84.0 Å². The fourth-order valence-electron chi connectivity index (χ4n) is 4.60. The molecule has 5 rings (SSSR count). The first-order valence-corrected chi connectivity index (χ1v) is 14.1. The van der Waals surface area contributed by atoms with Gasteiger partial charge in [-0.15, -0.1) is 16.5 Å². The quantitative estimate of drug-likeness (QED) is 0.311. The summed E-state index contributed by atoms with van der Waals surface area (Å²) < 4.78 is 11.9. The highest BCUT2D eigenvalue weighted by Gasteiger charge is 2.35. The second kappa shape index (κ2) is 10.4. The Bertz CT molecular complexity index is 1470. The number of benzene rings is 2. The maximum absolute atomic E-state index is 13.6. The van der Waals surface area contributed by atoms with Crippen LogP contribution < -0.4 is 9.47 Å². The van der Waals surface area contributed by atoms with E-state index in [1.807, 2.05) is 47.9 Å². The summed E-state index contributed by atoms with van der Waals surface area (Å²) in [5.74, 6) is 1.48. The molecule has 3 aromatic rings. The Balaban J connectivity index is 1.65. The summed E-state index contributed by atoms with van der Waals surface area (Å²) in [6, 6.07) is 18.3. The lowest BCUT2D eigenvalue weighted by atomic mass is 9.71. The largest absolute Gasteiger partial charge is 0.485 e. The fourth-order valence-corrected chi connectivity index (χ4v) is 5.54. The summed E-state index contributed by atoms with van der Waals surface area (Å²) >= 11 is 1.52. The van der Waals surface area contributed by atoms with Gasteiger partial charge in [0.15, 0.2) is 17.3 Å². The molecule has 200 valence electrons. The zero-order chi connectivity index (χ0) is 27.8. The third-order valence-electron chi connectivity index (χ3n) is 6.73. The van der Waals surface area contributed by atoms with Crippen LogP contribution >= 0.6 is 11.3 Å². The van der Waals surface area contributed by atoms with Gasteiger partial charge in [0.25, 0.3) is 0 Å². The van der Waals surface area contributed by atoms with Crippen molar-refractivity contribution in [3.05, 3.63) is 93.7 Å². The van der Waals surface area contributed by atoms with Gasteiger partial charge in [0, 0.05) is 22.1 Å². The number of carbonyl (C=O) groups excluding carboxylic acids is 1. The number of ether oxygens (including phenoxy) is 2. The first-order valence-electron chi connectivity index (χ1n) is 13.2. The van der Waals surface area contributed by atoms with Crippen molar-refractivity contribution in [3.63, 3.8) is 0 Å². The van der Waals surface area contributed by atoms with Gasteiger partial charge in [0.2, 0.25) is 0 Å². The van der Waals surface area contributed by atoms with Crippen LogP contribution in [0.3, 0.4) is 0 Å². The van der Waals surface area contributed by atoms with Crippen LogP contribution in [0.1, 0.15) is 46.4 Å². The molecule has 0 atom stereocenters. The number of nitrogens with zero attached hydrogens (tertiary/aromatic N) is 2. The predicted molar refractivity (Wildman–Crippen MR) is 159 cm³/mol. The number of allylic oxidation sites excluding steroid dienone is 5. The van der Waals surface area contributed by atoms with Crippen LogP contribution in [0.15, 0.2) is 99.1 Å². The molecule has 0 amide bonds. The van der Waals surface area contributed by atoms with Crippen molar-refractivity contribution in [2.24, 2.45) is 21.1 Å². The molecule has 1 aliphatic carbocycles. The maximum Gasteiger partial charge on any atom is 0.186 e. The van der Waals surface area contributed by atoms with E-state index in [-0.39, 0.29) is 16.6 Å². The highest BCUT2D eigenvalue weighted by molar-refractivity contribution is 7.11. The standard InChI is InChI=1S/C33H34N2O3S/c1-32(2,3)25-18-23(19-26(29(25)36)33(4,5)6)28(31-30-27(20-39-31)37-16-17-38-30)35-34-24-14-12-22(13-15-24)21-10-8-7-9-11-21/h7-15,18-20H,16-17H2,1-6H3. The molecule has 1 aromatic heterocycles. The van der Waals surface area contributed by atoms with Gasteiger partial charge in [-0.05, 0) is 46.2 Å². The molecule has 6 heteroatoms. The summed E-state index contributed by atoms with van der Waals surface area (Å²) in [4.78, 5) is 14.4. The van der Waals surface area contributed by atoms with Gasteiger partial charge < -0.3 is 9.47 Å². The second-order valence-corrected chi connectivity index (χ2v) is 12.7. The van der Waals surface area contributed by atoms with Crippen LogP contribution in [0.25, 0.3) is 16.8 Å². The Labute approximate surface area is 234 Å². The molecule has 0 saturated carbocycles. The van der Waals surface area contributed by atoms with E-state index < -0.39 is 0 Å². The van der Waals surface area contributed by atoms with Crippen molar-refractivity contribution in [3.8, 4) is 22.6 Å². The van der Waals surface area contributed by atoms with Crippen molar-refractivity contribution >= 4 is 28.5 Å². The molecule has 0 saturated heterocycles. The van der Waals surface area contributed by atoms with Gasteiger partial charge in [-0.25, -0.2) is 0 Å². The van der Waals surface area contributed by atoms with Crippen LogP contribution in [0, 0.1) is 10.8 Å². The summed E-state index contributed by atoms with van der Waals surface area (Å²) in [6.45, 7) is 13.4. The monoisotopic (exact) mass is 538 g/mol. The molecule has 0 N–H and O–H groups in total. The van der Waals surface area contributed by atoms with E-state index in [2.05, 4.69) is 70.9 Å². The molecule has 39 heavy (non-hydrogen) atoms. The molecule has 0 bridgehead atoms. The Morgan fingerprint density at radius 1 is 0.795 bits per heavy atom. The van der Waals surface area contributed by atoms with Crippen molar-refractivity contribution < 1.29 is 14.3 Å². The number of carbonyl (C=O) groups is 1. The highest BCUT2D eigenvalue weighted by Crippen LogP contribution is 2.47. The van der Waals surface area contributed by atoms with Crippen molar-refractivity contribution in [1.29, 1.82) is 0 Å². The Hall–Kier alpha value is -3.77. The van der Waals surface area contributed by atoms with Crippen molar-refractivity contribution in [2.45, 2.75) is 41.5 Å². The van der Waals surface area contributed by atoms with E-state index in [4.69, 9.17) is 14.6 Å². The molecule has 2 heterocycles. The minimum Gasteiger partial charge on any atom is -0.485 e. The summed E-state index contributed by atoms with van der Waals surface area (Å²) in [7, 11) is 0. The highest BCUT2D eigenvalue weighted by atomic mass is 32.1. The molecule has 2 aliphatic rings. The Morgan fingerprint density at radius 3 is 2.00 bits per heavy atom. The average molecular weight is 539 g/mol. The molecular weight excluding hydrogens is 504 g/mol. The van der Waals surface area contributed by atoms with Gasteiger partial charge in [-0.2, -0.15) is 5.11 Å². The van der Waals surface area contributed by atoms with Crippen LogP contribution in [0.5, 0.6) is 11.5 Å². The number of rotatable bonds is 4. The number of hydrogen-bond acceptors (Lipinski definition) is 6. The van der Waals surface area contributed by atoms with E-state index >= 15 is 0 Å². The molecular formula is C33H34N2O3S. The van der Waals surface area contributed by atoms with E-state index in [1.165, 1.54) is 11.3 Å². The lowest BCUT2D eigenvalue weighted by Crippen LogP contribution is -2.28. The topological polar surface area (TPSA) is 60.3 Å². The first-order chi connectivity index (χ1) is 18.5. The SMILES string of the molecule is CC(C)(C)C1=CC(=C(N=Nc2ccc(-c3ccccc3)cc2)c2scc3c2OCCO3)C=C(C(C)(C)C)C1=O. The summed E-state index contributed by atoms with van der Waals surface area (Å²) in [6.07, 6.45) is 3.94. The number of ketones is 1. The molecule has 2 aromatic carbocycles. The van der Waals surface area contributed by atoms with Gasteiger partial charge in [0.05, 0.1) is 5.69 Å². The van der Waals surface area contributed by atoms with Crippen molar-refractivity contribution in [2.75, 3.05) is 13.2 Å². The fraction of sp³-hybridized carbons (Fsp3) is 0.303. The minimum absolute atomic E-state index is 0.0827. The summed E-state index contributed by atoms with van der Waals surface area (Å²) in [5, 5.41) is 11.4. The van der Waals surface area contributed by atoms with Crippen LogP contribution in [-0.4, -0.2) is 19.0 Å². The maximum atomic E-state index is 13.6. The van der Waals surface area contributed by atoms with Crippen LogP contribution in [0.4, 0.5) is 5.69 Å². The Kier molecular flexibility index (Phi) is 7.17. The Morgan fingerprint density at radius 2 is 1.38 bits per heavy atom. The third kappa shape index (κ3) is 5.66. The van der Waals surface area contributed by atoms with E-state index in [0.717, 1.165) is 38.4 Å². The van der Waals surface area contributed by atoms with Crippen molar-refractivity contribution in [1.82, 2.24) is 0 Å². The molecule has 5 nitrogen and oxygen atoms in total. The molecule has 0 spiro atoms. The molecule has 0 fully saturated rings. The zero-order valence-electron chi connectivity index (χ0n) is 23.4. The predicted octanol–water partition coefficient (Wildman–Crippen LogP) is 9.21. The third-order valence-corrected chi connectivity index (χ3v) is 7.68. The lowest BCUT2D eigenvalue weighted by molar-refractivity contribution is -0.114. The second-order valence-electron chi connectivity index (χ2n) is 11.8. The normalized spacial score (nSPS) is 15.8. The average Bonchev–Trinajstić information content (AvgIpc) is 3.33. The van der Waals surface area contributed by atoms with E-state index in [9.17, 15) is 4.79 Å². The minimum atomic E-state index is -0.336. The smallest absolute Gasteiger partial charge is 0.186 e.